The van der Waals surface area contributed by atoms with Gasteiger partial charge in [-0.05, 0) is 37.1 Å². The van der Waals surface area contributed by atoms with E-state index in [1.165, 1.54) is 0 Å². The van der Waals surface area contributed by atoms with Crippen LogP contribution in [0.3, 0.4) is 0 Å². The number of para-hydroxylation sites is 1. The minimum absolute atomic E-state index is 0.298. The van der Waals surface area contributed by atoms with E-state index in [1.807, 2.05) is 32.0 Å². The van der Waals surface area contributed by atoms with Gasteiger partial charge in [0.25, 0.3) is 0 Å². The number of rotatable bonds is 5. The second-order valence-electron chi connectivity index (χ2n) is 5.01. The number of hydrogen-bond acceptors (Lipinski definition) is 2. The van der Waals surface area contributed by atoms with Crippen molar-refractivity contribution in [2.75, 3.05) is 0 Å². The summed E-state index contributed by atoms with van der Waals surface area (Å²) in [5.41, 5.74) is 3.17. The Labute approximate surface area is 129 Å². The van der Waals surface area contributed by atoms with Crippen molar-refractivity contribution in [3.05, 3.63) is 64.2 Å². The Morgan fingerprint density at radius 1 is 1.24 bits per heavy atom. The minimum atomic E-state index is -1.00. The third kappa shape index (κ3) is 3.99. The maximum atomic E-state index is 11.4. The van der Waals surface area contributed by atoms with E-state index < -0.39 is 12.1 Å². The SMILES string of the molecule is Cc1ccc(C[C@@H](Oc2ccccc2Cl)C(=O)O)c(C)c1. The van der Waals surface area contributed by atoms with Gasteiger partial charge in [-0.3, -0.25) is 0 Å². The van der Waals surface area contributed by atoms with Crippen LogP contribution in [-0.2, 0) is 11.2 Å². The summed E-state index contributed by atoms with van der Waals surface area (Å²) in [4.78, 5) is 11.4. The molecule has 0 fully saturated rings. The molecule has 2 rings (SSSR count). The van der Waals surface area contributed by atoms with E-state index in [0.717, 1.165) is 16.7 Å². The molecule has 3 nitrogen and oxygen atoms in total. The molecule has 1 N–H and O–H groups in total. The van der Waals surface area contributed by atoms with Crippen molar-refractivity contribution in [2.24, 2.45) is 0 Å². The summed E-state index contributed by atoms with van der Waals surface area (Å²) in [5.74, 6) is -0.619. The summed E-state index contributed by atoms with van der Waals surface area (Å²) in [6.45, 7) is 3.97. The lowest BCUT2D eigenvalue weighted by Crippen LogP contribution is -2.29. The fourth-order valence-electron chi connectivity index (χ4n) is 2.15. The average molecular weight is 305 g/mol. The standard InChI is InChI=1S/C17H17ClO3/c1-11-7-8-13(12(2)9-11)10-16(17(19)20)21-15-6-4-3-5-14(15)18/h3-9,16H,10H2,1-2H3,(H,19,20)/t16-/m1/s1. The lowest BCUT2D eigenvalue weighted by atomic mass is 10.0. The Balaban J connectivity index is 2.20. The number of aryl methyl sites for hydroxylation is 2. The molecule has 0 radical (unpaired) electrons. The maximum absolute atomic E-state index is 11.4. The molecule has 0 aliphatic carbocycles. The third-order valence-corrected chi connectivity index (χ3v) is 3.60. The number of carboxylic acid groups (broad SMARTS) is 1. The molecule has 1 atom stereocenters. The van der Waals surface area contributed by atoms with Crippen molar-refractivity contribution < 1.29 is 14.6 Å². The van der Waals surface area contributed by atoms with Crippen molar-refractivity contribution >= 4 is 17.6 Å². The minimum Gasteiger partial charge on any atom is -0.478 e. The molecule has 0 bridgehead atoms. The topological polar surface area (TPSA) is 46.5 Å². The molecule has 2 aromatic carbocycles. The zero-order valence-electron chi connectivity index (χ0n) is 12.0. The van der Waals surface area contributed by atoms with Crippen LogP contribution in [0, 0.1) is 13.8 Å². The lowest BCUT2D eigenvalue weighted by molar-refractivity contribution is -0.145. The molecule has 0 heterocycles. The molecule has 2 aromatic rings. The number of benzene rings is 2. The number of halogens is 1. The molecule has 110 valence electrons. The van der Waals surface area contributed by atoms with Gasteiger partial charge < -0.3 is 9.84 Å². The van der Waals surface area contributed by atoms with Crippen LogP contribution in [0.15, 0.2) is 42.5 Å². The molecule has 0 aliphatic heterocycles. The molecule has 0 saturated heterocycles. The summed E-state index contributed by atoms with van der Waals surface area (Å²) >= 11 is 6.01. The number of carboxylic acids is 1. The van der Waals surface area contributed by atoms with Gasteiger partial charge in [-0.2, -0.15) is 0 Å². The Morgan fingerprint density at radius 3 is 2.57 bits per heavy atom. The van der Waals surface area contributed by atoms with Gasteiger partial charge >= 0.3 is 5.97 Å². The van der Waals surface area contributed by atoms with Gasteiger partial charge in [0.2, 0.25) is 0 Å². The van der Waals surface area contributed by atoms with Crippen LogP contribution in [0.1, 0.15) is 16.7 Å². The monoisotopic (exact) mass is 304 g/mol. The van der Waals surface area contributed by atoms with Gasteiger partial charge in [0.1, 0.15) is 5.75 Å². The van der Waals surface area contributed by atoms with Crippen LogP contribution < -0.4 is 4.74 Å². The lowest BCUT2D eigenvalue weighted by Gasteiger charge is -2.17. The predicted octanol–water partition coefficient (Wildman–Crippen LogP) is 4.03. The second-order valence-corrected chi connectivity index (χ2v) is 5.42. The van der Waals surface area contributed by atoms with Crippen LogP contribution in [-0.4, -0.2) is 17.2 Å². The molecular formula is C17H17ClO3. The number of aliphatic carboxylic acids is 1. The Morgan fingerprint density at radius 2 is 1.95 bits per heavy atom. The Kier molecular flexibility index (Phi) is 4.86. The average Bonchev–Trinajstić information content (AvgIpc) is 2.42. The highest BCUT2D eigenvalue weighted by atomic mass is 35.5. The maximum Gasteiger partial charge on any atom is 0.345 e. The smallest absolute Gasteiger partial charge is 0.345 e. The largest absolute Gasteiger partial charge is 0.478 e. The van der Waals surface area contributed by atoms with Crippen molar-refractivity contribution in [3.63, 3.8) is 0 Å². The van der Waals surface area contributed by atoms with Crippen LogP contribution in [0.25, 0.3) is 0 Å². The van der Waals surface area contributed by atoms with Gasteiger partial charge in [0, 0.05) is 6.42 Å². The zero-order valence-corrected chi connectivity index (χ0v) is 12.7. The van der Waals surface area contributed by atoms with E-state index in [2.05, 4.69) is 0 Å². The van der Waals surface area contributed by atoms with Crippen LogP contribution in [0.5, 0.6) is 5.75 Å². The van der Waals surface area contributed by atoms with Gasteiger partial charge in [-0.1, -0.05) is 47.5 Å². The number of carbonyl (C=O) groups is 1. The van der Waals surface area contributed by atoms with Crippen molar-refractivity contribution in [2.45, 2.75) is 26.4 Å². The molecule has 0 saturated carbocycles. The van der Waals surface area contributed by atoms with E-state index in [-0.39, 0.29) is 0 Å². The molecule has 4 heteroatoms. The normalized spacial score (nSPS) is 12.0. The highest BCUT2D eigenvalue weighted by Crippen LogP contribution is 2.25. The summed E-state index contributed by atoms with van der Waals surface area (Å²) in [6, 6.07) is 12.8. The fraction of sp³-hybridized carbons (Fsp3) is 0.235. The summed E-state index contributed by atoms with van der Waals surface area (Å²) < 4.78 is 5.56. The highest BCUT2D eigenvalue weighted by Gasteiger charge is 2.21. The third-order valence-electron chi connectivity index (χ3n) is 3.28. The summed E-state index contributed by atoms with van der Waals surface area (Å²) in [5, 5.41) is 9.77. The van der Waals surface area contributed by atoms with Gasteiger partial charge in [0.05, 0.1) is 5.02 Å². The quantitative estimate of drug-likeness (QED) is 0.907. The fourth-order valence-corrected chi connectivity index (χ4v) is 2.33. The first-order valence-corrected chi connectivity index (χ1v) is 7.05. The predicted molar refractivity (Wildman–Crippen MR) is 83.1 cm³/mol. The van der Waals surface area contributed by atoms with E-state index in [0.29, 0.717) is 17.2 Å². The Hall–Kier alpha value is -2.00. The van der Waals surface area contributed by atoms with Gasteiger partial charge in [-0.25, -0.2) is 4.79 Å². The van der Waals surface area contributed by atoms with E-state index >= 15 is 0 Å². The molecule has 0 aromatic heterocycles. The number of hydrogen-bond donors (Lipinski definition) is 1. The van der Waals surface area contributed by atoms with Crippen molar-refractivity contribution in [1.29, 1.82) is 0 Å². The van der Waals surface area contributed by atoms with Gasteiger partial charge in [0.15, 0.2) is 6.10 Å². The molecule has 0 aliphatic rings. The van der Waals surface area contributed by atoms with Crippen molar-refractivity contribution in [3.8, 4) is 5.75 Å². The summed E-state index contributed by atoms with van der Waals surface area (Å²) in [7, 11) is 0. The molecule has 0 amide bonds. The first kappa shape index (κ1) is 15.4. The first-order valence-electron chi connectivity index (χ1n) is 6.67. The van der Waals surface area contributed by atoms with E-state index in [4.69, 9.17) is 16.3 Å². The Bertz CT molecular complexity index is 652. The van der Waals surface area contributed by atoms with Crippen LogP contribution in [0.2, 0.25) is 5.02 Å². The molecule has 0 spiro atoms. The molecular weight excluding hydrogens is 288 g/mol. The van der Waals surface area contributed by atoms with Gasteiger partial charge in [-0.15, -0.1) is 0 Å². The van der Waals surface area contributed by atoms with Crippen LogP contribution >= 0.6 is 11.6 Å². The number of ether oxygens (including phenoxy) is 1. The first-order chi connectivity index (χ1) is 9.97. The second kappa shape index (κ2) is 6.64. The highest BCUT2D eigenvalue weighted by molar-refractivity contribution is 6.32. The van der Waals surface area contributed by atoms with E-state index in [1.54, 1.807) is 24.3 Å². The van der Waals surface area contributed by atoms with Crippen LogP contribution in [0.4, 0.5) is 0 Å². The summed E-state index contributed by atoms with van der Waals surface area (Å²) in [6.07, 6.45) is -0.668. The zero-order chi connectivity index (χ0) is 15.4. The molecule has 21 heavy (non-hydrogen) atoms. The van der Waals surface area contributed by atoms with E-state index in [9.17, 15) is 9.90 Å². The molecule has 0 unspecified atom stereocenters. The van der Waals surface area contributed by atoms with Crippen molar-refractivity contribution in [1.82, 2.24) is 0 Å².